The van der Waals surface area contributed by atoms with E-state index in [1.165, 1.54) is 18.3 Å². The molecule has 4 rings (SSSR count). The van der Waals surface area contributed by atoms with Crippen molar-refractivity contribution in [1.29, 1.82) is 0 Å². The molecule has 4 aromatic carbocycles. The summed E-state index contributed by atoms with van der Waals surface area (Å²) in [5, 5.41) is 7.07. The van der Waals surface area contributed by atoms with Crippen LogP contribution in [0.3, 0.4) is 0 Å². The van der Waals surface area contributed by atoms with Gasteiger partial charge in [-0.15, -0.1) is 0 Å². The van der Waals surface area contributed by atoms with Crippen LogP contribution in [0, 0.1) is 0 Å². The van der Waals surface area contributed by atoms with Crippen molar-refractivity contribution in [3.8, 4) is 5.75 Å². The molecule has 0 aliphatic rings. The highest BCUT2D eigenvalue weighted by Gasteiger charge is 2.27. The zero-order valence-corrected chi connectivity index (χ0v) is 24.3. The fourth-order valence-corrected chi connectivity index (χ4v) is 5.45. The lowest BCUT2D eigenvalue weighted by atomic mass is 10.1. The number of para-hydroxylation sites is 1. The van der Waals surface area contributed by atoms with Gasteiger partial charge >= 0.3 is 0 Å². The van der Waals surface area contributed by atoms with Gasteiger partial charge in [-0.05, 0) is 78.2 Å². The lowest BCUT2D eigenvalue weighted by molar-refractivity contribution is -0.119. The van der Waals surface area contributed by atoms with E-state index in [1.54, 1.807) is 78.9 Å². The summed E-state index contributed by atoms with van der Waals surface area (Å²) in [6.45, 7) is 1.32. The summed E-state index contributed by atoms with van der Waals surface area (Å²) in [5.74, 6) is -0.516. The zero-order valence-electron chi connectivity index (χ0n) is 22.7. The van der Waals surface area contributed by atoms with Crippen LogP contribution in [0.15, 0.2) is 113 Å². The highest BCUT2D eigenvalue weighted by atomic mass is 35.5. The van der Waals surface area contributed by atoms with Crippen molar-refractivity contribution in [2.45, 2.75) is 18.2 Å². The summed E-state index contributed by atoms with van der Waals surface area (Å²) in [6.07, 6.45) is 2.21. The highest BCUT2D eigenvalue weighted by molar-refractivity contribution is 7.92. The van der Waals surface area contributed by atoms with Crippen LogP contribution >= 0.6 is 11.6 Å². The Balaban J connectivity index is 1.35. The average Bonchev–Trinajstić information content (AvgIpc) is 3.01. The van der Waals surface area contributed by atoms with E-state index in [9.17, 15) is 18.0 Å². The Hall–Kier alpha value is -4.67. The molecular weight excluding hydrogens is 576 g/mol. The van der Waals surface area contributed by atoms with Crippen LogP contribution in [0.4, 0.5) is 11.4 Å². The molecule has 4 aromatic rings. The molecule has 0 unspecified atom stereocenters. The van der Waals surface area contributed by atoms with Gasteiger partial charge in [0.25, 0.3) is 21.8 Å². The summed E-state index contributed by atoms with van der Waals surface area (Å²) in [4.78, 5) is 25.0. The zero-order chi connectivity index (χ0) is 30.0. The van der Waals surface area contributed by atoms with Gasteiger partial charge in [0.2, 0.25) is 0 Å². The minimum absolute atomic E-state index is 0.0736. The minimum Gasteiger partial charge on any atom is -0.484 e. The molecular formula is C31H29ClN4O5S. The number of hydrazone groups is 1. The maximum absolute atomic E-state index is 13.4. The van der Waals surface area contributed by atoms with E-state index in [-0.39, 0.29) is 17.4 Å². The number of rotatable bonds is 12. The van der Waals surface area contributed by atoms with Gasteiger partial charge in [0.05, 0.1) is 27.5 Å². The second kappa shape index (κ2) is 14.3. The summed E-state index contributed by atoms with van der Waals surface area (Å²) >= 11 is 6.05. The molecule has 0 fully saturated rings. The molecule has 0 saturated carbocycles. The van der Waals surface area contributed by atoms with Crippen molar-refractivity contribution in [3.05, 3.63) is 119 Å². The van der Waals surface area contributed by atoms with Crippen molar-refractivity contribution >= 4 is 51.0 Å². The van der Waals surface area contributed by atoms with Crippen molar-refractivity contribution in [3.63, 3.8) is 0 Å². The largest absolute Gasteiger partial charge is 0.484 e. The van der Waals surface area contributed by atoms with Gasteiger partial charge in [-0.1, -0.05) is 61.0 Å². The number of nitrogens with zero attached hydrogens (tertiary/aromatic N) is 2. The maximum Gasteiger partial charge on any atom is 0.264 e. The lowest BCUT2D eigenvalue weighted by Gasteiger charge is -2.24. The van der Waals surface area contributed by atoms with Gasteiger partial charge in [-0.2, -0.15) is 5.10 Å². The fourth-order valence-electron chi connectivity index (χ4n) is 3.83. The molecule has 0 aliphatic carbocycles. The molecule has 0 spiro atoms. The number of nitrogens with one attached hydrogen (secondary N) is 2. The van der Waals surface area contributed by atoms with E-state index in [1.807, 2.05) is 19.1 Å². The lowest BCUT2D eigenvalue weighted by Crippen LogP contribution is -2.39. The summed E-state index contributed by atoms with van der Waals surface area (Å²) in [5.41, 5.74) is 4.94. The number of aryl methyl sites for hydroxylation is 1. The number of amides is 2. The average molecular weight is 605 g/mol. The Morgan fingerprint density at radius 1 is 0.881 bits per heavy atom. The predicted molar refractivity (Wildman–Crippen MR) is 165 cm³/mol. The first-order valence-electron chi connectivity index (χ1n) is 13.0. The van der Waals surface area contributed by atoms with Gasteiger partial charge in [-0.3, -0.25) is 13.9 Å². The molecule has 42 heavy (non-hydrogen) atoms. The standard InChI is InChI=1S/C31H29ClN4O5S/c1-2-23-12-16-25(17-13-23)36(42(39,40)27-8-4-3-5-9-27)21-30(37)35-33-20-24-14-18-26(19-15-24)41-22-31(38)34-29-11-7-6-10-28(29)32/h3-20H,2,21-22H2,1H3,(H,34,38)(H,35,37)/b33-20-. The molecule has 216 valence electrons. The van der Waals surface area contributed by atoms with E-state index in [2.05, 4.69) is 15.8 Å². The van der Waals surface area contributed by atoms with Crippen LogP contribution < -0.4 is 19.8 Å². The first-order valence-corrected chi connectivity index (χ1v) is 14.8. The molecule has 9 nitrogen and oxygen atoms in total. The highest BCUT2D eigenvalue weighted by Crippen LogP contribution is 2.24. The normalized spacial score (nSPS) is 11.2. The van der Waals surface area contributed by atoms with Crippen molar-refractivity contribution in [1.82, 2.24) is 5.43 Å². The Labute approximate surface area is 249 Å². The van der Waals surface area contributed by atoms with E-state index in [4.69, 9.17) is 16.3 Å². The molecule has 0 heterocycles. The quantitative estimate of drug-likeness (QED) is 0.169. The Morgan fingerprint density at radius 2 is 1.55 bits per heavy atom. The molecule has 11 heteroatoms. The summed E-state index contributed by atoms with van der Waals surface area (Å²) < 4.78 is 33.4. The SMILES string of the molecule is CCc1ccc(N(CC(=O)N/N=C\c2ccc(OCC(=O)Nc3ccccc3Cl)cc2)S(=O)(=O)c2ccccc2)cc1. The second-order valence-corrected chi connectivity index (χ2v) is 11.3. The van der Waals surface area contributed by atoms with Crippen LogP contribution in [0.1, 0.15) is 18.1 Å². The van der Waals surface area contributed by atoms with E-state index >= 15 is 0 Å². The Kier molecular flexibility index (Phi) is 10.3. The number of hydrogen-bond acceptors (Lipinski definition) is 6. The first kappa shape index (κ1) is 30.3. The van der Waals surface area contributed by atoms with Crippen LogP contribution in [0.25, 0.3) is 0 Å². The van der Waals surface area contributed by atoms with Gasteiger partial charge in [-0.25, -0.2) is 13.8 Å². The van der Waals surface area contributed by atoms with E-state index in [0.717, 1.165) is 16.3 Å². The number of carbonyl (C=O) groups is 2. The van der Waals surface area contributed by atoms with E-state index < -0.39 is 22.5 Å². The van der Waals surface area contributed by atoms with Crippen LogP contribution in [0.2, 0.25) is 5.02 Å². The Morgan fingerprint density at radius 3 is 2.21 bits per heavy atom. The second-order valence-electron chi connectivity index (χ2n) is 9.02. The number of hydrogen-bond donors (Lipinski definition) is 2. The predicted octanol–water partition coefficient (Wildman–Crippen LogP) is 5.27. The number of anilines is 2. The third-order valence-corrected chi connectivity index (χ3v) is 8.17. The molecule has 0 saturated heterocycles. The number of halogens is 1. The maximum atomic E-state index is 13.4. The molecule has 0 aliphatic heterocycles. The van der Waals surface area contributed by atoms with Crippen molar-refractivity contribution < 1.29 is 22.7 Å². The molecule has 2 N–H and O–H groups in total. The smallest absolute Gasteiger partial charge is 0.264 e. The molecule has 0 atom stereocenters. The number of benzene rings is 4. The van der Waals surface area contributed by atoms with Crippen LogP contribution in [-0.4, -0.2) is 39.6 Å². The van der Waals surface area contributed by atoms with Crippen molar-refractivity contribution in [2.75, 3.05) is 22.8 Å². The van der Waals surface area contributed by atoms with Gasteiger partial charge in [0, 0.05) is 0 Å². The monoisotopic (exact) mass is 604 g/mol. The van der Waals surface area contributed by atoms with Crippen LogP contribution in [-0.2, 0) is 26.0 Å². The third kappa shape index (κ3) is 8.18. The Bertz CT molecular complexity index is 1650. The van der Waals surface area contributed by atoms with Gasteiger partial charge in [0.15, 0.2) is 6.61 Å². The summed E-state index contributed by atoms with van der Waals surface area (Å²) in [6, 6.07) is 28.6. The fraction of sp³-hybridized carbons (Fsp3) is 0.129. The van der Waals surface area contributed by atoms with Crippen molar-refractivity contribution in [2.24, 2.45) is 5.10 Å². The molecule has 0 aromatic heterocycles. The topological polar surface area (TPSA) is 117 Å². The number of carbonyl (C=O) groups excluding carboxylic acids is 2. The van der Waals surface area contributed by atoms with Gasteiger partial charge < -0.3 is 10.1 Å². The van der Waals surface area contributed by atoms with Crippen LogP contribution in [0.5, 0.6) is 5.75 Å². The minimum atomic E-state index is -4.01. The summed E-state index contributed by atoms with van der Waals surface area (Å²) in [7, 11) is -4.01. The molecule has 0 bridgehead atoms. The first-order chi connectivity index (χ1) is 20.3. The third-order valence-electron chi connectivity index (χ3n) is 6.05. The number of ether oxygens (including phenoxy) is 1. The molecule has 2 amide bonds. The van der Waals surface area contributed by atoms with Gasteiger partial charge in [0.1, 0.15) is 12.3 Å². The van der Waals surface area contributed by atoms with E-state index in [0.29, 0.717) is 27.7 Å². The molecule has 0 radical (unpaired) electrons. The number of sulfonamides is 1.